The maximum atomic E-state index is 8.50. The predicted octanol–water partition coefficient (Wildman–Crippen LogP) is 0.192. The van der Waals surface area contributed by atoms with Crippen molar-refractivity contribution in [3.63, 3.8) is 0 Å². The number of likely N-dealkylation sites (N-methyl/N-ethyl adjacent to an activating group) is 1. The monoisotopic (exact) mass is 153 g/mol. The second-order valence-corrected chi connectivity index (χ2v) is 3.26. The Morgan fingerprint density at radius 3 is 3.00 bits per heavy atom. The molecule has 1 heterocycles. The number of hydrogen-bond acceptors (Lipinski definition) is 3. The Morgan fingerprint density at radius 1 is 1.73 bits per heavy atom. The van der Waals surface area contributed by atoms with E-state index in [0.29, 0.717) is 18.5 Å². The molecule has 11 heavy (non-hydrogen) atoms. The molecule has 1 aliphatic rings. The van der Waals surface area contributed by atoms with Gasteiger partial charge in [-0.3, -0.25) is 4.90 Å². The van der Waals surface area contributed by atoms with E-state index in [-0.39, 0.29) is 0 Å². The maximum Gasteiger partial charge on any atom is 0.0638 e. The van der Waals surface area contributed by atoms with E-state index in [1.807, 2.05) is 0 Å². The Kier molecular flexibility index (Phi) is 2.86. The highest BCUT2D eigenvalue weighted by molar-refractivity contribution is 4.88. The first kappa shape index (κ1) is 8.51. The van der Waals surface area contributed by atoms with Crippen LogP contribution in [0.15, 0.2) is 0 Å². The topological polar surface area (TPSA) is 39.1 Å². The Balaban J connectivity index is 2.39. The van der Waals surface area contributed by atoms with Crippen molar-refractivity contribution in [1.29, 1.82) is 5.26 Å². The van der Waals surface area contributed by atoms with Gasteiger partial charge in [0.2, 0.25) is 0 Å². The first-order valence-corrected chi connectivity index (χ1v) is 4.04. The van der Waals surface area contributed by atoms with Gasteiger partial charge < -0.3 is 5.32 Å². The molecular weight excluding hydrogens is 138 g/mol. The molecule has 0 spiro atoms. The zero-order chi connectivity index (χ0) is 8.27. The molecule has 0 aliphatic carbocycles. The average Bonchev–Trinajstić information content (AvgIpc) is 1.95. The number of nitrogens with zero attached hydrogens (tertiary/aromatic N) is 2. The molecule has 1 saturated heterocycles. The van der Waals surface area contributed by atoms with Crippen molar-refractivity contribution in [2.24, 2.45) is 0 Å². The summed E-state index contributed by atoms with van der Waals surface area (Å²) < 4.78 is 0. The number of nitriles is 1. The highest BCUT2D eigenvalue weighted by Crippen LogP contribution is 2.06. The Hall–Kier alpha value is -0.590. The fourth-order valence-electron chi connectivity index (χ4n) is 1.47. The molecule has 0 saturated carbocycles. The minimum Gasteiger partial charge on any atom is -0.311 e. The van der Waals surface area contributed by atoms with Crippen molar-refractivity contribution in [3.8, 4) is 6.07 Å². The standard InChI is InChI=1S/C8H15N3/c1-7-6-11(2)8(3-4-9)5-10-7/h7-8,10H,3,5-6H2,1-2H3. The SMILES string of the molecule is CC1CN(C)C(CC#N)CN1. The summed E-state index contributed by atoms with van der Waals surface area (Å²) in [6, 6.07) is 3.18. The number of nitrogens with one attached hydrogen (secondary N) is 1. The zero-order valence-electron chi connectivity index (χ0n) is 7.17. The largest absolute Gasteiger partial charge is 0.311 e. The molecule has 1 rings (SSSR count). The summed E-state index contributed by atoms with van der Waals surface area (Å²) in [6.45, 7) is 4.16. The average molecular weight is 153 g/mol. The smallest absolute Gasteiger partial charge is 0.0638 e. The van der Waals surface area contributed by atoms with Gasteiger partial charge in [-0.1, -0.05) is 0 Å². The molecule has 0 amide bonds. The Bertz CT molecular complexity index is 161. The first-order chi connectivity index (χ1) is 5.24. The van der Waals surface area contributed by atoms with Gasteiger partial charge in [-0.25, -0.2) is 0 Å². The lowest BCUT2D eigenvalue weighted by atomic mass is 10.1. The summed E-state index contributed by atoms with van der Waals surface area (Å²) in [5, 5.41) is 11.9. The van der Waals surface area contributed by atoms with Crippen LogP contribution in [0.2, 0.25) is 0 Å². The van der Waals surface area contributed by atoms with Gasteiger partial charge in [0.05, 0.1) is 12.5 Å². The molecule has 0 aromatic heterocycles. The van der Waals surface area contributed by atoms with Crippen LogP contribution in [0, 0.1) is 11.3 Å². The van der Waals surface area contributed by atoms with Crippen LogP contribution in [-0.2, 0) is 0 Å². The van der Waals surface area contributed by atoms with Gasteiger partial charge in [0.25, 0.3) is 0 Å². The lowest BCUT2D eigenvalue weighted by Gasteiger charge is -2.35. The van der Waals surface area contributed by atoms with E-state index in [4.69, 9.17) is 5.26 Å². The van der Waals surface area contributed by atoms with Crippen LogP contribution in [-0.4, -0.2) is 37.1 Å². The maximum absolute atomic E-state index is 8.50. The van der Waals surface area contributed by atoms with Gasteiger partial charge in [-0.05, 0) is 14.0 Å². The molecule has 0 radical (unpaired) electrons. The van der Waals surface area contributed by atoms with Crippen molar-refractivity contribution < 1.29 is 0 Å². The minimum absolute atomic E-state index is 0.413. The van der Waals surface area contributed by atoms with Crippen LogP contribution in [0.25, 0.3) is 0 Å². The molecule has 3 nitrogen and oxygen atoms in total. The fraction of sp³-hybridized carbons (Fsp3) is 0.875. The molecule has 1 fully saturated rings. The molecule has 0 aromatic carbocycles. The second-order valence-electron chi connectivity index (χ2n) is 3.26. The van der Waals surface area contributed by atoms with E-state index in [0.717, 1.165) is 13.1 Å². The molecule has 1 aliphatic heterocycles. The van der Waals surface area contributed by atoms with Gasteiger partial charge >= 0.3 is 0 Å². The van der Waals surface area contributed by atoms with Crippen LogP contribution in [0.5, 0.6) is 0 Å². The van der Waals surface area contributed by atoms with Crippen LogP contribution in [0.3, 0.4) is 0 Å². The Labute approximate surface area is 68.0 Å². The van der Waals surface area contributed by atoms with E-state index in [1.54, 1.807) is 0 Å². The van der Waals surface area contributed by atoms with E-state index < -0.39 is 0 Å². The highest BCUT2D eigenvalue weighted by Gasteiger charge is 2.21. The summed E-state index contributed by atoms with van der Waals surface area (Å²) in [5.41, 5.74) is 0. The van der Waals surface area contributed by atoms with Crippen LogP contribution < -0.4 is 5.32 Å². The first-order valence-electron chi connectivity index (χ1n) is 4.04. The van der Waals surface area contributed by atoms with Gasteiger partial charge in [0.15, 0.2) is 0 Å². The van der Waals surface area contributed by atoms with Crippen LogP contribution in [0.1, 0.15) is 13.3 Å². The van der Waals surface area contributed by atoms with Gasteiger partial charge in [0.1, 0.15) is 0 Å². The normalized spacial score (nSPS) is 33.2. The van der Waals surface area contributed by atoms with Crippen molar-refractivity contribution in [1.82, 2.24) is 10.2 Å². The van der Waals surface area contributed by atoms with Crippen molar-refractivity contribution in [2.75, 3.05) is 20.1 Å². The lowest BCUT2D eigenvalue weighted by Crippen LogP contribution is -2.53. The van der Waals surface area contributed by atoms with Gasteiger partial charge in [-0.15, -0.1) is 0 Å². The second kappa shape index (κ2) is 3.70. The summed E-state index contributed by atoms with van der Waals surface area (Å²) >= 11 is 0. The fourth-order valence-corrected chi connectivity index (χ4v) is 1.47. The van der Waals surface area contributed by atoms with E-state index in [9.17, 15) is 0 Å². The number of piperazine rings is 1. The molecule has 0 bridgehead atoms. The lowest BCUT2D eigenvalue weighted by molar-refractivity contribution is 0.172. The third kappa shape index (κ3) is 2.18. The molecular formula is C8H15N3. The minimum atomic E-state index is 0.413. The molecule has 62 valence electrons. The summed E-state index contributed by atoms with van der Waals surface area (Å²) in [4.78, 5) is 2.25. The summed E-state index contributed by atoms with van der Waals surface area (Å²) in [5.74, 6) is 0. The summed E-state index contributed by atoms with van der Waals surface area (Å²) in [6.07, 6.45) is 0.635. The van der Waals surface area contributed by atoms with Crippen molar-refractivity contribution in [2.45, 2.75) is 25.4 Å². The molecule has 2 atom stereocenters. The molecule has 3 heteroatoms. The highest BCUT2D eigenvalue weighted by atomic mass is 15.2. The van der Waals surface area contributed by atoms with Gasteiger partial charge in [0, 0.05) is 25.2 Å². The van der Waals surface area contributed by atoms with E-state index in [2.05, 4.69) is 30.3 Å². The van der Waals surface area contributed by atoms with Crippen LogP contribution >= 0.6 is 0 Å². The third-order valence-corrected chi connectivity index (χ3v) is 2.21. The van der Waals surface area contributed by atoms with E-state index >= 15 is 0 Å². The van der Waals surface area contributed by atoms with Crippen molar-refractivity contribution in [3.05, 3.63) is 0 Å². The Morgan fingerprint density at radius 2 is 2.45 bits per heavy atom. The quantitative estimate of drug-likeness (QED) is 0.584. The molecule has 2 unspecified atom stereocenters. The number of rotatable bonds is 1. The summed E-state index contributed by atoms with van der Waals surface area (Å²) in [7, 11) is 2.08. The number of hydrogen-bond donors (Lipinski definition) is 1. The molecule has 1 N–H and O–H groups in total. The predicted molar refractivity (Wildman–Crippen MR) is 44.1 cm³/mol. The van der Waals surface area contributed by atoms with Gasteiger partial charge in [-0.2, -0.15) is 5.26 Å². The van der Waals surface area contributed by atoms with Crippen molar-refractivity contribution >= 4 is 0 Å². The van der Waals surface area contributed by atoms with Crippen LogP contribution in [0.4, 0.5) is 0 Å². The molecule has 0 aromatic rings. The third-order valence-electron chi connectivity index (χ3n) is 2.21. The van der Waals surface area contributed by atoms with E-state index in [1.165, 1.54) is 0 Å². The zero-order valence-corrected chi connectivity index (χ0v) is 7.17.